The minimum absolute atomic E-state index is 0.0647. The van der Waals surface area contributed by atoms with Crippen LogP contribution in [0.3, 0.4) is 0 Å². The SMILES string of the molecule is CCC(CC)(CO)CNc1cc(NC)ncn1. The highest BCUT2D eigenvalue weighted by Crippen LogP contribution is 2.25. The van der Waals surface area contributed by atoms with Gasteiger partial charge < -0.3 is 15.7 Å². The fourth-order valence-corrected chi connectivity index (χ4v) is 1.65. The van der Waals surface area contributed by atoms with Gasteiger partial charge in [-0.3, -0.25) is 0 Å². The summed E-state index contributed by atoms with van der Waals surface area (Å²) in [4.78, 5) is 8.20. The number of nitrogens with one attached hydrogen (secondary N) is 2. The van der Waals surface area contributed by atoms with E-state index in [1.807, 2.05) is 13.1 Å². The van der Waals surface area contributed by atoms with Crippen molar-refractivity contribution in [2.75, 3.05) is 30.8 Å². The molecule has 1 heterocycles. The van der Waals surface area contributed by atoms with Crippen LogP contribution in [0.4, 0.5) is 11.6 Å². The first-order valence-electron chi connectivity index (χ1n) is 6.04. The standard InChI is InChI=1S/C12H22N4O/c1-4-12(5-2,8-17)7-14-11-6-10(13-3)15-9-16-11/h6,9,17H,4-5,7-8H2,1-3H3,(H2,13,14,15,16). The third kappa shape index (κ3) is 3.56. The van der Waals surface area contributed by atoms with Crippen molar-refractivity contribution in [2.45, 2.75) is 26.7 Å². The van der Waals surface area contributed by atoms with Crippen molar-refractivity contribution in [2.24, 2.45) is 5.41 Å². The maximum Gasteiger partial charge on any atom is 0.131 e. The van der Waals surface area contributed by atoms with Gasteiger partial charge in [-0.15, -0.1) is 0 Å². The molecule has 0 saturated carbocycles. The molecule has 0 aromatic carbocycles. The van der Waals surface area contributed by atoms with Gasteiger partial charge in [0, 0.05) is 25.1 Å². The zero-order valence-corrected chi connectivity index (χ0v) is 10.8. The Bertz CT molecular complexity index is 331. The van der Waals surface area contributed by atoms with E-state index in [9.17, 15) is 5.11 Å². The molecule has 0 aliphatic rings. The molecule has 0 aliphatic carbocycles. The van der Waals surface area contributed by atoms with Gasteiger partial charge in [0.2, 0.25) is 0 Å². The van der Waals surface area contributed by atoms with E-state index >= 15 is 0 Å². The van der Waals surface area contributed by atoms with Crippen LogP contribution in [0.25, 0.3) is 0 Å². The number of rotatable bonds is 7. The van der Waals surface area contributed by atoms with Gasteiger partial charge in [0.15, 0.2) is 0 Å². The Morgan fingerprint density at radius 3 is 2.41 bits per heavy atom. The van der Waals surface area contributed by atoms with E-state index in [1.165, 1.54) is 6.33 Å². The van der Waals surface area contributed by atoms with E-state index in [4.69, 9.17) is 0 Å². The van der Waals surface area contributed by atoms with E-state index in [1.54, 1.807) is 0 Å². The number of anilines is 2. The summed E-state index contributed by atoms with van der Waals surface area (Å²) in [5.41, 5.74) is -0.0647. The van der Waals surface area contributed by atoms with Crippen LogP contribution in [-0.2, 0) is 0 Å². The van der Waals surface area contributed by atoms with Gasteiger partial charge in [-0.05, 0) is 12.8 Å². The molecular formula is C12H22N4O. The Morgan fingerprint density at radius 2 is 1.88 bits per heavy atom. The molecular weight excluding hydrogens is 216 g/mol. The van der Waals surface area contributed by atoms with Crippen LogP contribution < -0.4 is 10.6 Å². The van der Waals surface area contributed by atoms with Crippen LogP contribution in [0.2, 0.25) is 0 Å². The maximum absolute atomic E-state index is 9.47. The van der Waals surface area contributed by atoms with E-state index < -0.39 is 0 Å². The molecule has 0 radical (unpaired) electrons. The summed E-state index contributed by atoms with van der Waals surface area (Å²) >= 11 is 0. The van der Waals surface area contributed by atoms with Gasteiger partial charge >= 0.3 is 0 Å². The third-order valence-corrected chi connectivity index (χ3v) is 3.40. The summed E-state index contributed by atoms with van der Waals surface area (Å²) in [6.07, 6.45) is 3.40. The molecule has 1 aromatic rings. The fraction of sp³-hybridized carbons (Fsp3) is 0.667. The molecule has 5 nitrogen and oxygen atoms in total. The highest BCUT2D eigenvalue weighted by molar-refractivity contribution is 5.46. The highest BCUT2D eigenvalue weighted by Gasteiger charge is 2.24. The average Bonchev–Trinajstić information content (AvgIpc) is 2.41. The third-order valence-electron chi connectivity index (χ3n) is 3.40. The Labute approximate surface area is 103 Å². The molecule has 0 atom stereocenters. The van der Waals surface area contributed by atoms with Crippen LogP contribution in [-0.4, -0.2) is 35.3 Å². The van der Waals surface area contributed by atoms with Crippen molar-refractivity contribution in [3.05, 3.63) is 12.4 Å². The van der Waals surface area contributed by atoms with Crippen LogP contribution in [0.5, 0.6) is 0 Å². The molecule has 0 amide bonds. The van der Waals surface area contributed by atoms with Gasteiger partial charge in [-0.25, -0.2) is 9.97 Å². The van der Waals surface area contributed by atoms with Crippen molar-refractivity contribution in [1.82, 2.24) is 9.97 Å². The van der Waals surface area contributed by atoms with Gasteiger partial charge in [-0.2, -0.15) is 0 Å². The first kappa shape index (κ1) is 13.7. The molecule has 1 rings (SSSR count). The predicted molar refractivity (Wildman–Crippen MR) is 70.2 cm³/mol. The quantitative estimate of drug-likeness (QED) is 0.675. The van der Waals surface area contributed by atoms with Crippen molar-refractivity contribution >= 4 is 11.6 Å². The number of nitrogens with zero attached hydrogens (tertiary/aromatic N) is 2. The predicted octanol–water partition coefficient (Wildman–Crippen LogP) is 1.73. The highest BCUT2D eigenvalue weighted by atomic mass is 16.3. The summed E-state index contributed by atoms with van der Waals surface area (Å²) in [6, 6.07) is 1.85. The normalized spacial score (nSPS) is 11.3. The minimum Gasteiger partial charge on any atom is -0.396 e. The van der Waals surface area contributed by atoms with E-state index in [0.29, 0.717) is 0 Å². The largest absolute Gasteiger partial charge is 0.396 e. The summed E-state index contributed by atoms with van der Waals surface area (Å²) in [5.74, 6) is 1.56. The number of aliphatic hydroxyl groups is 1. The second kappa shape index (κ2) is 6.39. The zero-order chi connectivity index (χ0) is 12.7. The number of hydrogen-bond acceptors (Lipinski definition) is 5. The first-order valence-corrected chi connectivity index (χ1v) is 6.04. The van der Waals surface area contributed by atoms with Gasteiger partial charge in [0.05, 0.1) is 6.61 Å². The molecule has 0 saturated heterocycles. The van der Waals surface area contributed by atoms with Crippen molar-refractivity contribution in [1.29, 1.82) is 0 Å². The molecule has 17 heavy (non-hydrogen) atoms. The lowest BCUT2D eigenvalue weighted by atomic mass is 9.83. The maximum atomic E-state index is 9.47. The smallest absolute Gasteiger partial charge is 0.131 e. The molecule has 5 heteroatoms. The van der Waals surface area contributed by atoms with Crippen LogP contribution in [0.1, 0.15) is 26.7 Å². The summed E-state index contributed by atoms with van der Waals surface area (Å²) < 4.78 is 0. The van der Waals surface area contributed by atoms with Gasteiger partial charge in [0.25, 0.3) is 0 Å². The lowest BCUT2D eigenvalue weighted by Gasteiger charge is -2.29. The Balaban J connectivity index is 2.65. The average molecular weight is 238 g/mol. The van der Waals surface area contributed by atoms with E-state index in [2.05, 4.69) is 34.4 Å². The van der Waals surface area contributed by atoms with Gasteiger partial charge in [-0.1, -0.05) is 13.8 Å². The molecule has 0 spiro atoms. The summed E-state index contributed by atoms with van der Waals surface area (Å²) in [5, 5.41) is 15.7. The zero-order valence-electron chi connectivity index (χ0n) is 10.8. The molecule has 3 N–H and O–H groups in total. The Morgan fingerprint density at radius 1 is 1.24 bits per heavy atom. The van der Waals surface area contributed by atoms with Crippen molar-refractivity contribution in [3.63, 3.8) is 0 Å². The van der Waals surface area contributed by atoms with Crippen LogP contribution in [0.15, 0.2) is 12.4 Å². The molecule has 0 unspecified atom stereocenters. The topological polar surface area (TPSA) is 70.1 Å². The monoisotopic (exact) mass is 238 g/mol. The number of hydrogen-bond donors (Lipinski definition) is 3. The molecule has 1 aromatic heterocycles. The minimum atomic E-state index is -0.0647. The summed E-state index contributed by atoms with van der Waals surface area (Å²) in [6.45, 7) is 5.11. The molecule has 96 valence electrons. The second-order valence-corrected chi connectivity index (χ2v) is 4.26. The van der Waals surface area contributed by atoms with Crippen molar-refractivity contribution < 1.29 is 5.11 Å². The number of aromatic nitrogens is 2. The Kier molecular flexibility index (Phi) is 5.15. The second-order valence-electron chi connectivity index (χ2n) is 4.26. The lowest BCUT2D eigenvalue weighted by molar-refractivity contribution is 0.127. The van der Waals surface area contributed by atoms with Crippen LogP contribution in [0, 0.1) is 5.41 Å². The van der Waals surface area contributed by atoms with Gasteiger partial charge in [0.1, 0.15) is 18.0 Å². The first-order chi connectivity index (χ1) is 8.19. The molecule has 0 fully saturated rings. The van der Waals surface area contributed by atoms with Crippen molar-refractivity contribution in [3.8, 4) is 0 Å². The van der Waals surface area contributed by atoms with E-state index in [0.717, 1.165) is 31.0 Å². The number of aliphatic hydroxyl groups excluding tert-OH is 1. The fourth-order valence-electron chi connectivity index (χ4n) is 1.65. The molecule has 0 aliphatic heterocycles. The lowest BCUT2D eigenvalue weighted by Crippen LogP contribution is -2.32. The van der Waals surface area contributed by atoms with Crippen LogP contribution >= 0.6 is 0 Å². The van der Waals surface area contributed by atoms with E-state index in [-0.39, 0.29) is 12.0 Å². The Hall–Kier alpha value is -1.36. The summed E-state index contributed by atoms with van der Waals surface area (Å²) in [7, 11) is 1.82. The molecule has 0 bridgehead atoms.